The Kier molecular flexibility index (Phi) is 7.01. The Hall–Kier alpha value is -3.39. The average Bonchev–Trinajstić information content (AvgIpc) is 3.30. The lowest BCUT2D eigenvalue weighted by Gasteiger charge is -2.36. The molecule has 1 saturated heterocycles. The summed E-state index contributed by atoms with van der Waals surface area (Å²) in [6, 6.07) is 17.0. The number of anilines is 2. The molecule has 3 aromatic rings. The minimum absolute atomic E-state index is 0.141. The first kappa shape index (κ1) is 21.8. The molecule has 0 radical (unpaired) electrons. The highest BCUT2D eigenvalue weighted by Gasteiger charge is 2.21. The van der Waals surface area contributed by atoms with Crippen molar-refractivity contribution in [1.29, 1.82) is 0 Å². The molecule has 0 bridgehead atoms. The fourth-order valence-corrected chi connectivity index (χ4v) is 4.38. The van der Waals surface area contributed by atoms with Crippen LogP contribution >= 0.6 is 11.3 Å². The van der Waals surface area contributed by atoms with Gasteiger partial charge in [0.2, 0.25) is 5.91 Å². The van der Waals surface area contributed by atoms with Gasteiger partial charge in [0, 0.05) is 49.2 Å². The first-order valence-corrected chi connectivity index (χ1v) is 11.5. The second-order valence-electron chi connectivity index (χ2n) is 7.53. The first-order valence-electron chi connectivity index (χ1n) is 10.6. The summed E-state index contributed by atoms with van der Waals surface area (Å²) in [5, 5.41) is 5.27. The van der Waals surface area contributed by atoms with Crippen molar-refractivity contribution in [1.82, 2.24) is 9.88 Å². The maximum atomic E-state index is 12.7. The van der Waals surface area contributed by atoms with Gasteiger partial charge in [0.15, 0.2) is 5.13 Å². The largest absolute Gasteiger partial charge is 0.497 e. The van der Waals surface area contributed by atoms with Gasteiger partial charge in [-0.1, -0.05) is 18.2 Å². The number of hydrogen-bond donors (Lipinski definition) is 1. The molecule has 2 heterocycles. The Balaban J connectivity index is 1.23. The van der Waals surface area contributed by atoms with E-state index in [4.69, 9.17) is 4.74 Å². The highest BCUT2D eigenvalue weighted by Crippen LogP contribution is 2.21. The molecule has 7 nitrogen and oxygen atoms in total. The van der Waals surface area contributed by atoms with E-state index in [1.807, 2.05) is 52.7 Å². The van der Waals surface area contributed by atoms with Crippen molar-refractivity contribution in [2.45, 2.75) is 12.8 Å². The molecule has 8 heteroatoms. The minimum atomic E-state index is -0.183. The van der Waals surface area contributed by atoms with Crippen LogP contribution in [0.5, 0.6) is 5.75 Å². The summed E-state index contributed by atoms with van der Waals surface area (Å²) >= 11 is 1.38. The molecule has 1 aliphatic rings. The predicted molar refractivity (Wildman–Crippen MR) is 127 cm³/mol. The summed E-state index contributed by atoms with van der Waals surface area (Å²) in [5.41, 5.74) is 2.56. The molecule has 1 aliphatic heterocycles. The number of rotatable bonds is 7. The van der Waals surface area contributed by atoms with Crippen LogP contribution in [-0.4, -0.2) is 55.0 Å². The normalized spacial score (nSPS) is 13.7. The van der Waals surface area contributed by atoms with Gasteiger partial charge in [0.25, 0.3) is 5.91 Å². The lowest BCUT2D eigenvalue weighted by atomic mass is 10.2. The molecule has 2 aromatic carbocycles. The highest BCUT2D eigenvalue weighted by molar-refractivity contribution is 7.14. The zero-order chi connectivity index (χ0) is 22.3. The predicted octanol–water partition coefficient (Wildman–Crippen LogP) is 3.69. The van der Waals surface area contributed by atoms with Gasteiger partial charge in [-0.05, 0) is 42.8 Å². The van der Waals surface area contributed by atoms with Crippen molar-refractivity contribution in [3.63, 3.8) is 0 Å². The van der Waals surface area contributed by atoms with E-state index in [2.05, 4.69) is 15.2 Å². The minimum Gasteiger partial charge on any atom is -0.497 e. The zero-order valence-electron chi connectivity index (χ0n) is 18.0. The van der Waals surface area contributed by atoms with Crippen LogP contribution in [-0.2, 0) is 11.2 Å². The number of methoxy groups -OCH3 is 1. The molecule has 1 fully saturated rings. The zero-order valence-corrected chi connectivity index (χ0v) is 18.8. The van der Waals surface area contributed by atoms with Gasteiger partial charge < -0.3 is 14.5 Å². The number of thiazole rings is 1. The van der Waals surface area contributed by atoms with Crippen LogP contribution in [0.2, 0.25) is 0 Å². The number of nitrogens with one attached hydrogen (secondary N) is 1. The van der Waals surface area contributed by atoms with Crippen molar-refractivity contribution in [2.75, 3.05) is 43.5 Å². The number of aryl methyl sites for hydroxylation is 1. The van der Waals surface area contributed by atoms with Crippen molar-refractivity contribution in [3.05, 3.63) is 71.2 Å². The fraction of sp³-hybridized carbons (Fsp3) is 0.292. The molecule has 32 heavy (non-hydrogen) atoms. The number of ether oxygens (including phenoxy) is 1. The van der Waals surface area contributed by atoms with Crippen LogP contribution in [0.15, 0.2) is 60.0 Å². The summed E-state index contributed by atoms with van der Waals surface area (Å²) < 4.78 is 5.21. The lowest BCUT2D eigenvalue weighted by Crippen LogP contribution is -2.48. The number of nitrogens with zero attached hydrogens (tertiary/aromatic N) is 3. The van der Waals surface area contributed by atoms with Crippen LogP contribution < -0.4 is 15.0 Å². The van der Waals surface area contributed by atoms with Gasteiger partial charge in [-0.25, -0.2) is 4.98 Å². The van der Waals surface area contributed by atoms with Crippen LogP contribution in [0.1, 0.15) is 22.5 Å². The molecule has 166 valence electrons. The molecule has 1 aromatic heterocycles. The lowest BCUT2D eigenvalue weighted by molar-refractivity contribution is -0.131. The Labute approximate surface area is 191 Å². The molecule has 4 rings (SSSR count). The van der Waals surface area contributed by atoms with Gasteiger partial charge in [-0.3, -0.25) is 14.9 Å². The topological polar surface area (TPSA) is 74.8 Å². The van der Waals surface area contributed by atoms with Crippen LogP contribution in [0, 0.1) is 0 Å². The van der Waals surface area contributed by atoms with Crippen LogP contribution in [0.4, 0.5) is 10.8 Å². The van der Waals surface area contributed by atoms with Gasteiger partial charge >= 0.3 is 0 Å². The molecule has 0 saturated carbocycles. The van der Waals surface area contributed by atoms with E-state index in [9.17, 15) is 9.59 Å². The van der Waals surface area contributed by atoms with Crippen molar-refractivity contribution < 1.29 is 14.3 Å². The van der Waals surface area contributed by atoms with Crippen LogP contribution in [0.25, 0.3) is 0 Å². The molecule has 0 atom stereocenters. The van der Waals surface area contributed by atoms with E-state index in [-0.39, 0.29) is 11.8 Å². The molecule has 0 unspecified atom stereocenters. The quantitative estimate of drug-likeness (QED) is 0.594. The third-order valence-corrected chi connectivity index (χ3v) is 6.28. The summed E-state index contributed by atoms with van der Waals surface area (Å²) in [5.74, 6) is 0.798. The van der Waals surface area contributed by atoms with Crippen molar-refractivity contribution in [2.24, 2.45) is 0 Å². The summed E-state index contributed by atoms with van der Waals surface area (Å²) in [6.45, 7) is 3.04. The molecular formula is C24H26N4O3S. The number of amides is 2. The Morgan fingerprint density at radius 1 is 1.03 bits per heavy atom. The van der Waals surface area contributed by atoms with E-state index in [0.717, 1.165) is 30.2 Å². The van der Waals surface area contributed by atoms with E-state index < -0.39 is 0 Å². The van der Waals surface area contributed by atoms with E-state index in [1.165, 1.54) is 11.3 Å². The maximum Gasteiger partial charge on any atom is 0.257 e. The fourth-order valence-electron chi connectivity index (χ4n) is 3.64. The van der Waals surface area contributed by atoms with E-state index in [0.29, 0.717) is 36.6 Å². The molecule has 1 N–H and O–H groups in total. The number of aromatic nitrogens is 1. The van der Waals surface area contributed by atoms with E-state index >= 15 is 0 Å². The van der Waals surface area contributed by atoms with Gasteiger partial charge in [-0.15, -0.1) is 11.3 Å². The third kappa shape index (κ3) is 5.45. The first-order chi connectivity index (χ1) is 15.6. The number of carbonyl (C=O) groups is 2. The maximum absolute atomic E-state index is 12.7. The van der Waals surface area contributed by atoms with Crippen LogP contribution in [0.3, 0.4) is 0 Å². The highest BCUT2D eigenvalue weighted by atomic mass is 32.1. The van der Waals surface area contributed by atoms with Gasteiger partial charge in [0.05, 0.1) is 12.8 Å². The van der Waals surface area contributed by atoms with Gasteiger partial charge in [-0.2, -0.15) is 0 Å². The molecule has 0 spiro atoms. The summed E-state index contributed by atoms with van der Waals surface area (Å²) in [4.78, 5) is 33.6. The standard InChI is InChI=1S/C24H26N4O3S/c1-31-21-10-8-20(9-11-21)27-13-15-28(16-14-27)22(29)12-7-19-17-32-24(25-19)26-23(30)18-5-3-2-4-6-18/h2-6,8-11,17H,7,12-16H2,1H3,(H,25,26,30). The van der Waals surface area contributed by atoms with Crippen molar-refractivity contribution in [3.8, 4) is 5.75 Å². The average molecular weight is 451 g/mol. The molecule has 0 aliphatic carbocycles. The Bertz CT molecular complexity index is 1040. The van der Waals surface area contributed by atoms with Crippen molar-refractivity contribution >= 4 is 34.0 Å². The second kappa shape index (κ2) is 10.3. The number of piperazine rings is 1. The smallest absolute Gasteiger partial charge is 0.257 e. The third-order valence-electron chi connectivity index (χ3n) is 5.47. The van der Waals surface area contributed by atoms with Gasteiger partial charge in [0.1, 0.15) is 5.75 Å². The molecule has 2 amide bonds. The summed E-state index contributed by atoms with van der Waals surface area (Å²) in [6.07, 6.45) is 0.980. The monoisotopic (exact) mass is 450 g/mol. The Morgan fingerprint density at radius 3 is 2.44 bits per heavy atom. The number of carbonyl (C=O) groups excluding carboxylic acids is 2. The molecular weight excluding hydrogens is 424 g/mol. The summed E-state index contributed by atoms with van der Waals surface area (Å²) in [7, 11) is 1.66. The SMILES string of the molecule is COc1ccc(N2CCN(C(=O)CCc3csc(NC(=O)c4ccccc4)n3)CC2)cc1. The number of hydrogen-bond acceptors (Lipinski definition) is 6. The second-order valence-corrected chi connectivity index (χ2v) is 8.39. The Morgan fingerprint density at radius 2 is 1.75 bits per heavy atom. The number of benzene rings is 2. The van der Waals surface area contributed by atoms with E-state index in [1.54, 1.807) is 19.2 Å².